The Hall–Kier alpha value is -1.58. The van der Waals surface area contributed by atoms with Crippen LogP contribution in [0.1, 0.15) is 55.5 Å². The van der Waals surface area contributed by atoms with Crippen molar-refractivity contribution in [3.8, 4) is 0 Å². The number of nitrogen functional groups attached to an aromatic ring is 1. The predicted octanol–water partition coefficient (Wildman–Crippen LogP) is 3.76. The number of hydrogen-bond donors (Lipinski definition) is 1. The highest BCUT2D eigenvalue weighted by Gasteiger charge is 2.33. The van der Waals surface area contributed by atoms with Crippen molar-refractivity contribution in [2.24, 2.45) is 5.41 Å². The number of piperidine rings is 1. The van der Waals surface area contributed by atoms with Gasteiger partial charge in [-0.2, -0.15) is 0 Å². The molecule has 4 heteroatoms. The van der Waals surface area contributed by atoms with E-state index in [-0.39, 0.29) is 11.5 Å². The van der Waals surface area contributed by atoms with E-state index in [1.807, 2.05) is 0 Å². The molecule has 116 valence electrons. The SMILES string of the molecule is CCC1(CC)CCN(C(=O)c2cc(N)cc(C)c2F)CC1. The first-order valence-electron chi connectivity index (χ1n) is 7.77. The minimum atomic E-state index is -0.447. The predicted molar refractivity (Wildman–Crippen MR) is 83.7 cm³/mol. The molecular formula is C17H25FN2O. The fourth-order valence-corrected chi connectivity index (χ4v) is 3.26. The number of carbonyl (C=O) groups excluding carboxylic acids is 1. The van der Waals surface area contributed by atoms with Crippen LogP contribution in [-0.2, 0) is 0 Å². The Balaban J connectivity index is 2.16. The van der Waals surface area contributed by atoms with E-state index >= 15 is 0 Å². The summed E-state index contributed by atoms with van der Waals surface area (Å²) in [4.78, 5) is 14.3. The lowest BCUT2D eigenvalue weighted by molar-refractivity contribution is 0.0553. The molecule has 2 rings (SSSR count). The molecule has 1 aromatic rings. The third-order valence-corrected chi connectivity index (χ3v) is 5.12. The first-order valence-corrected chi connectivity index (χ1v) is 7.77. The first-order chi connectivity index (χ1) is 9.92. The van der Waals surface area contributed by atoms with Crippen LogP contribution < -0.4 is 5.73 Å². The summed E-state index contributed by atoms with van der Waals surface area (Å²) >= 11 is 0. The van der Waals surface area contributed by atoms with Gasteiger partial charge >= 0.3 is 0 Å². The summed E-state index contributed by atoms with van der Waals surface area (Å²) in [7, 11) is 0. The van der Waals surface area contributed by atoms with Crippen molar-refractivity contribution in [3.63, 3.8) is 0 Å². The van der Waals surface area contributed by atoms with Crippen LogP contribution in [0.2, 0.25) is 0 Å². The molecule has 1 aromatic carbocycles. The maximum Gasteiger partial charge on any atom is 0.256 e. The summed E-state index contributed by atoms with van der Waals surface area (Å²) in [5.74, 6) is -0.680. The molecule has 0 bridgehead atoms. The van der Waals surface area contributed by atoms with Crippen molar-refractivity contribution in [1.82, 2.24) is 4.90 Å². The fraction of sp³-hybridized carbons (Fsp3) is 0.588. The molecule has 21 heavy (non-hydrogen) atoms. The molecule has 0 aliphatic carbocycles. The Morgan fingerprint density at radius 2 is 1.86 bits per heavy atom. The second kappa shape index (κ2) is 6.04. The molecule has 1 aliphatic heterocycles. The minimum Gasteiger partial charge on any atom is -0.399 e. The van der Waals surface area contributed by atoms with Crippen LogP contribution in [0, 0.1) is 18.2 Å². The number of likely N-dealkylation sites (tertiary alicyclic amines) is 1. The Morgan fingerprint density at radius 3 is 2.38 bits per heavy atom. The zero-order valence-electron chi connectivity index (χ0n) is 13.2. The van der Waals surface area contributed by atoms with Gasteiger partial charge in [-0.1, -0.05) is 26.7 Å². The highest BCUT2D eigenvalue weighted by Crippen LogP contribution is 2.38. The maximum atomic E-state index is 14.2. The third kappa shape index (κ3) is 3.04. The molecule has 1 aliphatic rings. The summed E-state index contributed by atoms with van der Waals surface area (Å²) in [5.41, 5.74) is 7.06. The van der Waals surface area contributed by atoms with Crippen molar-refractivity contribution in [2.75, 3.05) is 18.8 Å². The molecule has 2 N–H and O–H groups in total. The van der Waals surface area contributed by atoms with Crippen LogP contribution in [0.3, 0.4) is 0 Å². The molecule has 0 aromatic heterocycles. The molecule has 3 nitrogen and oxygen atoms in total. The van der Waals surface area contributed by atoms with Gasteiger partial charge in [0.1, 0.15) is 5.82 Å². The van der Waals surface area contributed by atoms with Crippen LogP contribution in [0.4, 0.5) is 10.1 Å². The molecule has 0 saturated carbocycles. The van der Waals surface area contributed by atoms with Gasteiger partial charge in [0.15, 0.2) is 0 Å². The van der Waals surface area contributed by atoms with E-state index in [2.05, 4.69) is 13.8 Å². The van der Waals surface area contributed by atoms with Crippen LogP contribution in [0.15, 0.2) is 12.1 Å². The second-order valence-electron chi connectivity index (χ2n) is 6.20. The number of halogens is 1. The summed E-state index contributed by atoms with van der Waals surface area (Å²) in [6, 6.07) is 3.01. The average Bonchev–Trinajstić information content (AvgIpc) is 2.50. The van der Waals surface area contributed by atoms with Crippen LogP contribution >= 0.6 is 0 Å². The van der Waals surface area contributed by atoms with Gasteiger partial charge in [-0.3, -0.25) is 4.79 Å². The molecule has 0 radical (unpaired) electrons. The van der Waals surface area contributed by atoms with Crippen LogP contribution in [0.25, 0.3) is 0 Å². The fourth-order valence-electron chi connectivity index (χ4n) is 3.26. The van der Waals surface area contributed by atoms with Gasteiger partial charge in [0.2, 0.25) is 0 Å². The standard InChI is InChI=1S/C17H25FN2O/c1-4-17(5-2)6-8-20(9-7-17)16(21)14-11-13(19)10-12(3)15(14)18/h10-11H,4-9,19H2,1-3H3. The van der Waals surface area contributed by atoms with E-state index in [0.29, 0.717) is 29.8 Å². The summed E-state index contributed by atoms with van der Waals surface area (Å²) in [6.07, 6.45) is 4.26. The lowest BCUT2D eigenvalue weighted by atomic mass is 9.74. The highest BCUT2D eigenvalue weighted by molar-refractivity contribution is 5.95. The van der Waals surface area contributed by atoms with Crippen molar-refractivity contribution >= 4 is 11.6 Å². The number of carbonyl (C=O) groups is 1. The Labute approximate surface area is 126 Å². The number of nitrogens with zero attached hydrogens (tertiary/aromatic N) is 1. The van der Waals surface area contributed by atoms with Gasteiger partial charge in [-0.05, 0) is 42.9 Å². The quantitative estimate of drug-likeness (QED) is 0.862. The first kappa shape index (κ1) is 15.8. The highest BCUT2D eigenvalue weighted by atomic mass is 19.1. The zero-order valence-corrected chi connectivity index (χ0v) is 13.2. The topological polar surface area (TPSA) is 46.3 Å². The maximum absolute atomic E-state index is 14.2. The third-order valence-electron chi connectivity index (χ3n) is 5.12. The molecule has 0 spiro atoms. The van der Waals surface area contributed by atoms with Crippen LogP contribution in [-0.4, -0.2) is 23.9 Å². The Morgan fingerprint density at radius 1 is 1.29 bits per heavy atom. The number of anilines is 1. The van der Waals surface area contributed by atoms with E-state index in [4.69, 9.17) is 5.73 Å². The lowest BCUT2D eigenvalue weighted by Crippen LogP contribution is -2.43. The van der Waals surface area contributed by atoms with Gasteiger partial charge < -0.3 is 10.6 Å². The van der Waals surface area contributed by atoms with Gasteiger partial charge in [-0.15, -0.1) is 0 Å². The number of benzene rings is 1. The van der Waals surface area contributed by atoms with Crippen LogP contribution in [0.5, 0.6) is 0 Å². The number of rotatable bonds is 3. The lowest BCUT2D eigenvalue weighted by Gasteiger charge is -2.41. The van der Waals surface area contributed by atoms with E-state index in [1.54, 1.807) is 17.9 Å². The summed E-state index contributed by atoms with van der Waals surface area (Å²) in [6.45, 7) is 7.46. The largest absolute Gasteiger partial charge is 0.399 e. The minimum absolute atomic E-state index is 0.105. The van der Waals surface area contributed by atoms with E-state index in [1.165, 1.54) is 6.07 Å². The van der Waals surface area contributed by atoms with Crippen molar-refractivity contribution < 1.29 is 9.18 Å². The van der Waals surface area contributed by atoms with E-state index < -0.39 is 5.82 Å². The zero-order chi connectivity index (χ0) is 15.6. The van der Waals surface area contributed by atoms with E-state index in [0.717, 1.165) is 25.7 Å². The monoisotopic (exact) mass is 292 g/mol. The Kier molecular flexibility index (Phi) is 4.55. The molecule has 1 heterocycles. The molecule has 1 amide bonds. The number of hydrogen-bond acceptors (Lipinski definition) is 2. The normalized spacial score (nSPS) is 17.8. The Bertz CT molecular complexity index is 528. The smallest absolute Gasteiger partial charge is 0.256 e. The van der Waals surface area contributed by atoms with Crippen molar-refractivity contribution in [2.45, 2.75) is 46.5 Å². The van der Waals surface area contributed by atoms with Gasteiger partial charge in [0.25, 0.3) is 5.91 Å². The summed E-state index contributed by atoms with van der Waals surface area (Å²) < 4.78 is 14.2. The molecule has 0 unspecified atom stereocenters. The van der Waals surface area contributed by atoms with Gasteiger partial charge in [0, 0.05) is 18.8 Å². The molecule has 1 fully saturated rings. The van der Waals surface area contributed by atoms with E-state index in [9.17, 15) is 9.18 Å². The average molecular weight is 292 g/mol. The van der Waals surface area contributed by atoms with Crippen molar-refractivity contribution in [3.05, 3.63) is 29.1 Å². The van der Waals surface area contributed by atoms with Gasteiger partial charge in [-0.25, -0.2) is 4.39 Å². The number of nitrogens with two attached hydrogens (primary N) is 1. The summed E-state index contributed by atoms with van der Waals surface area (Å²) in [5, 5.41) is 0. The number of amides is 1. The molecule has 0 atom stereocenters. The molecule has 1 saturated heterocycles. The van der Waals surface area contributed by atoms with Gasteiger partial charge in [0.05, 0.1) is 5.56 Å². The second-order valence-corrected chi connectivity index (χ2v) is 6.20. The van der Waals surface area contributed by atoms with Crippen molar-refractivity contribution in [1.29, 1.82) is 0 Å². The molecular weight excluding hydrogens is 267 g/mol. The number of aryl methyl sites for hydroxylation is 1.